The Kier molecular flexibility index (Phi) is 7.73. The van der Waals surface area contributed by atoms with Gasteiger partial charge in [-0.25, -0.2) is 0 Å². The molecule has 0 aromatic heterocycles. The van der Waals surface area contributed by atoms with Gasteiger partial charge in [-0.1, -0.05) is 31.9 Å². The van der Waals surface area contributed by atoms with Gasteiger partial charge in [0.05, 0.1) is 12.1 Å². The minimum atomic E-state index is -0.0409. The molecule has 0 aliphatic heterocycles. The second kappa shape index (κ2) is 8.29. The molecule has 0 heterocycles. The summed E-state index contributed by atoms with van der Waals surface area (Å²) in [5, 5.41) is 11.5. The van der Waals surface area contributed by atoms with Crippen molar-refractivity contribution < 1.29 is 0 Å². The van der Waals surface area contributed by atoms with Gasteiger partial charge in [0.15, 0.2) is 0 Å². The molecule has 12 heavy (non-hydrogen) atoms. The van der Waals surface area contributed by atoms with Crippen LogP contribution in [0, 0.1) is 11.3 Å². The Morgan fingerprint density at radius 1 is 1.50 bits per heavy atom. The maximum Gasteiger partial charge on any atom is 0.0926 e. The lowest BCUT2D eigenvalue weighted by Crippen LogP contribution is -2.23. The number of nitrogens with one attached hydrogen (secondary N) is 1. The fraction of sp³-hybridized carbons (Fsp3) is 0.700. The molecule has 0 saturated carbocycles. The monoisotopic (exact) mass is 166 g/mol. The van der Waals surface area contributed by atoms with Crippen molar-refractivity contribution in [2.24, 2.45) is 0 Å². The molecule has 1 unspecified atom stereocenters. The molecule has 2 nitrogen and oxygen atoms in total. The van der Waals surface area contributed by atoms with Crippen LogP contribution in [0.25, 0.3) is 0 Å². The fourth-order valence-electron chi connectivity index (χ4n) is 0.814. The Balaban J connectivity index is 3.19. The maximum absolute atomic E-state index is 8.44. The molecule has 1 atom stereocenters. The van der Waals surface area contributed by atoms with E-state index in [0.29, 0.717) is 0 Å². The summed E-state index contributed by atoms with van der Waals surface area (Å²) in [7, 11) is 0. The Morgan fingerprint density at radius 2 is 2.25 bits per heavy atom. The number of nitriles is 1. The van der Waals surface area contributed by atoms with Crippen LogP contribution in [0.3, 0.4) is 0 Å². The largest absolute Gasteiger partial charge is 0.299 e. The van der Waals surface area contributed by atoms with E-state index < -0.39 is 0 Å². The molecule has 0 aliphatic carbocycles. The molecule has 0 fully saturated rings. The Hall–Kier alpha value is -0.810. The van der Waals surface area contributed by atoms with Crippen molar-refractivity contribution in [3.8, 4) is 6.07 Å². The highest BCUT2D eigenvalue weighted by molar-refractivity contribution is 4.90. The zero-order valence-corrected chi connectivity index (χ0v) is 8.01. The van der Waals surface area contributed by atoms with E-state index in [1.54, 1.807) is 0 Å². The lowest BCUT2D eigenvalue weighted by Gasteiger charge is -2.00. The highest BCUT2D eigenvalue weighted by Crippen LogP contribution is 1.93. The third-order valence-corrected chi connectivity index (χ3v) is 1.63. The third kappa shape index (κ3) is 7.30. The first-order valence-electron chi connectivity index (χ1n) is 4.59. The molecule has 0 aromatic carbocycles. The number of rotatable bonds is 6. The van der Waals surface area contributed by atoms with Crippen LogP contribution >= 0.6 is 0 Å². The molecule has 0 radical (unpaired) electrons. The van der Waals surface area contributed by atoms with Crippen LogP contribution in [0.4, 0.5) is 0 Å². The molecule has 1 N–H and O–H groups in total. The van der Waals surface area contributed by atoms with Crippen molar-refractivity contribution in [3.05, 3.63) is 12.2 Å². The molecule has 2 heteroatoms. The highest BCUT2D eigenvalue weighted by atomic mass is 14.9. The first-order valence-corrected chi connectivity index (χ1v) is 4.59. The van der Waals surface area contributed by atoms with Crippen molar-refractivity contribution in [2.45, 2.75) is 39.2 Å². The number of hydrogen-bond donors (Lipinski definition) is 1. The molecule has 0 aromatic rings. The van der Waals surface area contributed by atoms with Gasteiger partial charge in [-0.15, -0.1) is 0 Å². The van der Waals surface area contributed by atoms with E-state index in [2.05, 4.69) is 30.5 Å². The predicted molar refractivity (Wildman–Crippen MR) is 51.7 cm³/mol. The Morgan fingerprint density at radius 3 is 2.83 bits per heavy atom. The molecule has 0 saturated heterocycles. The fourth-order valence-corrected chi connectivity index (χ4v) is 0.814. The van der Waals surface area contributed by atoms with Crippen LogP contribution in [-0.2, 0) is 0 Å². The summed E-state index contributed by atoms with van der Waals surface area (Å²) in [5.41, 5.74) is 0. The number of hydrogen-bond acceptors (Lipinski definition) is 2. The van der Waals surface area contributed by atoms with Gasteiger partial charge in [-0.05, 0) is 13.3 Å². The summed E-state index contributed by atoms with van der Waals surface area (Å²) in [5.74, 6) is 0. The average Bonchev–Trinajstić information content (AvgIpc) is 2.10. The first kappa shape index (κ1) is 11.2. The normalized spacial score (nSPS) is 13.1. The third-order valence-electron chi connectivity index (χ3n) is 1.63. The summed E-state index contributed by atoms with van der Waals surface area (Å²) >= 11 is 0. The molecule has 0 aliphatic rings. The highest BCUT2D eigenvalue weighted by Gasteiger charge is 1.92. The number of allylic oxidation sites excluding steroid dienone is 1. The van der Waals surface area contributed by atoms with Crippen LogP contribution in [0.5, 0.6) is 0 Å². The van der Waals surface area contributed by atoms with Crippen LogP contribution in [-0.4, -0.2) is 12.6 Å². The van der Waals surface area contributed by atoms with Crippen molar-refractivity contribution >= 4 is 0 Å². The molecule has 68 valence electrons. The summed E-state index contributed by atoms with van der Waals surface area (Å²) in [6.45, 7) is 4.85. The second-order valence-electron chi connectivity index (χ2n) is 2.87. The van der Waals surface area contributed by atoms with Gasteiger partial charge in [-0.2, -0.15) is 5.26 Å². The zero-order valence-electron chi connectivity index (χ0n) is 8.01. The molecule has 0 spiro atoms. The summed E-state index contributed by atoms with van der Waals surface area (Å²) in [6, 6.07) is 2.08. The van der Waals surface area contributed by atoms with Gasteiger partial charge in [-0.3, -0.25) is 5.32 Å². The van der Waals surface area contributed by atoms with Crippen LogP contribution in [0.15, 0.2) is 12.2 Å². The standard InChI is InChI=1S/C10H18N2/c1-3-4-5-6-7-8-12-10(2)9-11/h6-7,10,12H,3-5,8H2,1-2H3/b7-6+. The van der Waals surface area contributed by atoms with Crippen molar-refractivity contribution in [3.63, 3.8) is 0 Å². The van der Waals surface area contributed by atoms with Crippen molar-refractivity contribution in [1.82, 2.24) is 5.32 Å². The lowest BCUT2D eigenvalue weighted by molar-refractivity contribution is 0.693. The van der Waals surface area contributed by atoms with Crippen molar-refractivity contribution in [1.29, 1.82) is 5.26 Å². The van der Waals surface area contributed by atoms with Crippen LogP contribution in [0.2, 0.25) is 0 Å². The minimum Gasteiger partial charge on any atom is -0.299 e. The molecule has 0 amide bonds. The molecular weight excluding hydrogens is 148 g/mol. The first-order chi connectivity index (χ1) is 5.81. The van der Waals surface area contributed by atoms with Gasteiger partial charge in [0.1, 0.15) is 0 Å². The zero-order chi connectivity index (χ0) is 9.23. The topological polar surface area (TPSA) is 35.8 Å². The van der Waals surface area contributed by atoms with Gasteiger partial charge >= 0.3 is 0 Å². The molecule has 0 bridgehead atoms. The van der Waals surface area contributed by atoms with Crippen LogP contribution < -0.4 is 5.32 Å². The van der Waals surface area contributed by atoms with Gasteiger partial charge in [0, 0.05) is 6.54 Å². The van der Waals surface area contributed by atoms with Gasteiger partial charge < -0.3 is 0 Å². The Bertz CT molecular complexity index is 156. The van der Waals surface area contributed by atoms with E-state index in [4.69, 9.17) is 5.26 Å². The number of unbranched alkanes of at least 4 members (excludes halogenated alkanes) is 2. The van der Waals surface area contributed by atoms with Gasteiger partial charge in [0.25, 0.3) is 0 Å². The van der Waals surface area contributed by atoms with E-state index in [1.807, 2.05) is 6.92 Å². The van der Waals surface area contributed by atoms with Crippen molar-refractivity contribution in [2.75, 3.05) is 6.54 Å². The lowest BCUT2D eigenvalue weighted by atomic mass is 10.2. The molecule has 0 rings (SSSR count). The maximum atomic E-state index is 8.44. The average molecular weight is 166 g/mol. The second-order valence-corrected chi connectivity index (χ2v) is 2.87. The van der Waals surface area contributed by atoms with E-state index >= 15 is 0 Å². The van der Waals surface area contributed by atoms with E-state index in [1.165, 1.54) is 12.8 Å². The quantitative estimate of drug-likeness (QED) is 0.485. The Labute approximate surface area is 75.3 Å². The summed E-state index contributed by atoms with van der Waals surface area (Å²) < 4.78 is 0. The van der Waals surface area contributed by atoms with Crippen LogP contribution in [0.1, 0.15) is 33.1 Å². The number of nitrogens with zero attached hydrogens (tertiary/aromatic N) is 1. The van der Waals surface area contributed by atoms with E-state index in [9.17, 15) is 0 Å². The smallest absolute Gasteiger partial charge is 0.0926 e. The van der Waals surface area contributed by atoms with E-state index in [-0.39, 0.29) is 6.04 Å². The summed E-state index contributed by atoms with van der Waals surface area (Å²) in [6.07, 6.45) is 7.90. The van der Waals surface area contributed by atoms with E-state index in [0.717, 1.165) is 13.0 Å². The summed E-state index contributed by atoms with van der Waals surface area (Å²) in [4.78, 5) is 0. The predicted octanol–water partition coefficient (Wildman–Crippen LogP) is 2.23. The molecular formula is C10H18N2. The minimum absolute atomic E-state index is 0.0409. The SMILES string of the molecule is CCCC/C=C/CNC(C)C#N. The van der Waals surface area contributed by atoms with Gasteiger partial charge in [0.2, 0.25) is 0 Å².